The molecule has 0 aliphatic carbocycles. The zero-order valence-electron chi connectivity index (χ0n) is 17.3. The van der Waals surface area contributed by atoms with Crippen LogP contribution in [0.1, 0.15) is 24.0 Å². The van der Waals surface area contributed by atoms with Crippen molar-refractivity contribution in [1.29, 1.82) is 0 Å². The lowest BCUT2D eigenvalue weighted by atomic mass is 9.99. The number of hydrogen-bond acceptors (Lipinski definition) is 5. The van der Waals surface area contributed by atoms with Gasteiger partial charge in [0, 0.05) is 19.1 Å². The Bertz CT molecular complexity index is 915. The van der Waals surface area contributed by atoms with Crippen LogP contribution in [0.25, 0.3) is 0 Å². The number of likely N-dealkylation sites (tertiary alicyclic amines) is 1. The highest BCUT2D eigenvalue weighted by molar-refractivity contribution is 8.24. The molecule has 0 aromatic heterocycles. The van der Waals surface area contributed by atoms with E-state index >= 15 is 0 Å². The molecule has 2 aromatic rings. The zero-order valence-corrected chi connectivity index (χ0v) is 18.9. The lowest BCUT2D eigenvalue weighted by molar-refractivity contribution is -0.129. The average molecular weight is 455 g/mol. The van der Waals surface area contributed by atoms with Gasteiger partial charge in [-0.15, -0.1) is 11.8 Å². The zero-order chi connectivity index (χ0) is 21.6. The highest BCUT2D eigenvalue weighted by Crippen LogP contribution is 2.26. The van der Waals surface area contributed by atoms with Crippen molar-refractivity contribution in [3.63, 3.8) is 0 Å². The van der Waals surface area contributed by atoms with Gasteiger partial charge in [0.2, 0.25) is 5.91 Å². The summed E-state index contributed by atoms with van der Waals surface area (Å²) >= 11 is 6.86. The lowest BCUT2D eigenvalue weighted by Crippen LogP contribution is -2.50. The fraction of sp³-hybridized carbons (Fsp3) is 0.375. The van der Waals surface area contributed by atoms with Crippen LogP contribution in [0.5, 0.6) is 0 Å². The molecule has 0 radical (unpaired) electrons. The molecular formula is C24H26N2O3S2. The Morgan fingerprint density at radius 2 is 1.68 bits per heavy atom. The molecule has 0 spiro atoms. The van der Waals surface area contributed by atoms with Crippen LogP contribution in [0.15, 0.2) is 60.7 Å². The molecule has 5 nitrogen and oxygen atoms in total. The smallest absolute Gasteiger partial charge is 0.410 e. The Balaban J connectivity index is 1.28. The molecule has 162 valence electrons. The van der Waals surface area contributed by atoms with Crippen LogP contribution in [-0.4, -0.2) is 63.5 Å². The summed E-state index contributed by atoms with van der Waals surface area (Å²) < 4.78 is 6.12. The number of thiocarbonyl (C=S) groups is 1. The van der Waals surface area contributed by atoms with Crippen LogP contribution in [-0.2, 0) is 16.0 Å². The third-order valence-electron chi connectivity index (χ3n) is 5.86. The first-order valence-corrected chi connectivity index (χ1v) is 12.0. The van der Waals surface area contributed by atoms with Crippen molar-refractivity contribution in [2.45, 2.75) is 31.3 Å². The minimum Gasteiger partial charge on any atom is -0.447 e. The van der Waals surface area contributed by atoms with E-state index in [4.69, 9.17) is 17.0 Å². The molecule has 2 saturated heterocycles. The molecule has 2 aliphatic heterocycles. The summed E-state index contributed by atoms with van der Waals surface area (Å²) in [5.41, 5.74) is 2.18. The first-order chi connectivity index (χ1) is 15.1. The van der Waals surface area contributed by atoms with E-state index < -0.39 is 0 Å². The van der Waals surface area contributed by atoms with Gasteiger partial charge in [0.25, 0.3) is 0 Å². The molecular weight excluding hydrogens is 428 g/mol. The second-order valence-electron chi connectivity index (χ2n) is 7.88. The normalized spacial score (nSPS) is 19.4. The molecule has 1 unspecified atom stereocenters. The Labute approximate surface area is 192 Å². The topological polar surface area (TPSA) is 49.9 Å². The predicted octanol–water partition coefficient (Wildman–Crippen LogP) is 4.15. The van der Waals surface area contributed by atoms with Crippen molar-refractivity contribution < 1.29 is 14.3 Å². The molecule has 0 saturated carbocycles. The monoisotopic (exact) mass is 454 g/mol. The number of benzene rings is 2. The Hall–Kier alpha value is -2.38. The number of rotatable bonds is 6. The fourth-order valence-corrected chi connectivity index (χ4v) is 5.28. The van der Waals surface area contributed by atoms with Gasteiger partial charge in [0.15, 0.2) is 0 Å². The van der Waals surface area contributed by atoms with E-state index in [1.54, 1.807) is 0 Å². The van der Waals surface area contributed by atoms with Crippen molar-refractivity contribution in [2.24, 2.45) is 0 Å². The van der Waals surface area contributed by atoms with Gasteiger partial charge >= 0.3 is 6.09 Å². The van der Waals surface area contributed by atoms with Gasteiger partial charge in [0.1, 0.15) is 6.61 Å². The molecule has 2 amide bonds. The van der Waals surface area contributed by atoms with E-state index in [9.17, 15) is 9.59 Å². The maximum atomic E-state index is 12.7. The van der Waals surface area contributed by atoms with Gasteiger partial charge in [-0.2, -0.15) is 0 Å². The third kappa shape index (κ3) is 5.46. The summed E-state index contributed by atoms with van der Waals surface area (Å²) in [6.45, 7) is 1.74. The molecule has 2 aromatic carbocycles. The van der Waals surface area contributed by atoms with Crippen molar-refractivity contribution >= 4 is 40.2 Å². The van der Waals surface area contributed by atoms with Gasteiger partial charge in [0.05, 0.1) is 16.0 Å². The summed E-state index contributed by atoms with van der Waals surface area (Å²) in [5, 5.41) is 0. The van der Waals surface area contributed by atoms with Crippen LogP contribution < -0.4 is 0 Å². The second-order valence-corrected chi connectivity index (χ2v) is 9.53. The van der Waals surface area contributed by atoms with Crippen molar-refractivity contribution in [3.05, 3.63) is 71.8 Å². The molecule has 4 rings (SSSR count). The third-order valence-corrected chi connectivity index (χ3v) is 7.34. The molecule has 1 atom stereocenters. The fourth-order valence-electron chi connectivity index (χ4n) is 4.23. The van der Waals surface area contributed by atoms with E-state index in [1.165, 1.54) is 17.3 Å². The average Bonchev–Trinajstić information content (AvgIpc) is 3.18. The van der Waals surface area contributed by atoms with E-state index in [0.29, 0.717) is 25.4 Å². The standard InChI is InChI=1S/C24H26N2O3S2/c27-22(17-31-23(30)19-9-5-2-6-10-19)25-13-11-20(12-14-25)26-21(16-29-24(26)28)15-18-7-3-1-4-8-18/h1-10,20-21H,11-17H2. The molecule has 7 heteroatoms. The Morgan fingerprint density at radius 3 is 2.35 bits per heavy atom. The van der Waals surface area contributed by atoms with Crippen molar-refractivity contribution in [3.8, 4) is 0 Å². The Kier molecular flexibility index (Phi) is 7.25. The second kappa shape index (κ2) is 10.3. The lowest BCUT2D eigenvalue weighted by Gasteiger charge is -2.38. The predicted molar refractivity (Wildman–Crippen MR) is 127 cm³/mol. The first-order valence-electron chi connectivity index (χ1n) is 10.6. The number of carbonyl (C=O) groups is 2. The molecule has 2 fully saturated rings. The summed E-state index contributed by atoms with van der Waals surface area (Å²) in [4.78, 5) is 28.9. The van der Waals surface area contributed by atoms with E-state index in [-0.39, 0.29) is 24.1 Å². The van der Waals surface area contributed by atoms with Gasteiger partial charge in [-0.05, 0) is 30.4 Å². The van der Waals surface area contributed by atoms with Crippen LogP contribution in [0.4, 0.5) is 4.79 Å². The van der Waals surface area contributed by atoms with E-state index in [2.05, 4.69) is 12.1 Å². The van der Waals surface area contributed by atoms with Gasteiger partial charge in [-0.3, -0.25) is 9.69 Å². The van der Waals surface area contributed by atoms with Gasteiger partial charge in [-0.1, -0.05) is 72.9 Å². The summed E-state index contributed by atoms with van der Waals surface area (Å²) in [7, 11) is 0. The number of ether oxygens (including phenoxy) is 1. The van der Waals surface area contributed by atoms with Crippen LogP contribution in [0.3, 0.4) is 0 Å². The highest BCUT2D eigenvalue weighted by atomic mass is 32.2. The number of piperidine rings is 1. The summed E-state index contributed by atoms with van der Waals surface area (Å²) in [6.07, 6.45) is 2.12. The van der Waals surface area contributed by atoms with Crippen molar-refractivity contribution in [2.75, 3.05) is 25.4 Å². The SMILES string of the molecule is O=C(CSC(=S)c1ccccc1)N1CCC(N2C(=O)OCC2Cc2ccccc2)CC1. The van der Waals surface area contributed by atoms with Crippen LogP contribution >= 0.6 is 24.0 Å². The number of cyclic esters (lactones) is 1. The van der Waals surface area contributed by atoms with E-state index in [0.717, 1.165) is 29.0 Å². The number of carbonyl (C=O) groups excluding carboxylic acids is 2. The molecule has 0 bridgehead atoms. The minimum absolute atomic E-state index is 0.0564. The number of amides is 2. The van der Waals surface area contributed by atoms with Crippen LogP contribution in [0, 0.1) is 0 Å². The number of nitrogens with zero attached hydrogens (tertiary/aromatic N) is 2. The molecule has 0 N–H and O–H groups in total. The molecule has 31 heavy (non-hydrogen) atoms. The van der Waals surface area contributed by atoms with E-state index in [1.807, 2.05) is 58.3 Å². The number of hydrogen-bond donors (Lipinski definition) is 0. The minimum atomic E-state index is -0.227. The highest BCUT2D eigenvalue weighted by Gasteiger charge is 2.39. The van der Waals surface area contributed by atoms with Gasteiger partial charge in [-0.25, -0.2) is 4.79 Å². The van der Waals surface area contributed by atoms with Crippen LogP contribution in [0.2, 0.25) is 0 Å². The Morgan fingerprint density at radius 1 is 1.03 bits per heavy atom. The maximum Gasteiger partial charge on any atom is 0.410 e. The summed E-state index contributed by atoms with van der Waals surface area (Å²) in [6, 6.07) is 20.1. The number of thioether (sulfide) groups is 1. The van der Waals surface area contributed by atoms with Gasteiger partial charge < -0.3 is 9.64 Å². The summed E-state index contributed by atoms with van der Waals surface area (Å²) in [5.74, 6) is 0.451. The quantitative estimate of drug-likeness (QED) is 0.614. The first kappa shape index (κ1) is 21.8. The largest absolute Gasteiger partial charge is 0.447 e. The molecule has 2 aliphatic rings. The van der Waals surface area contributed by atoms with Crippen molar-refractivity contribution in [1.82, 2.24) is 9.80 Å². The maximum absolute atomic E-state index is 12.7. The molecule has 2 heterocycles.